The molecule has 19 heteroatoms. The van der Waals surface area contributed by atoms with E-state index in [1.807, 2.05) is 13.2 Å². The van der Waals surface area contributed by atoms with Crippen molar-refractivity contribution in [2.24, 2.45) is 19.8 Å². The highest BCUT2D eigenvalue weighted by Crippen LogP contribution is 2.12. The van der Waals surface area contributed by atoms with Gasteiger partial charge in [0.05, 0.1) is 36.5 Å². The molecule has 1 atom stereocenters. The molecular weight excluding hydrogens is 665 g/mol. The maximum Gasteiger partial charge on any atom is 0.326 e. The van der Waals surface area contributed by atoms with E-state index in [0.717, 1.165) is 12.1 Å². The molecule has 0 saturated carbocycles. The van der Waals surface area contributed by atoms with E-state index >= 15 is 0 Å². The Balaban J connectivity index is 0.000000298. The first kappa shape index (κ1) is 39.3. The number of fused-ring (bicyclic) bond motifs is 1. The van der Waals surface area contributed by atoms with E-state index in [9.17, 15) is 28.7 Å². The third kappa shape index (κ3) is 13.4. The Morgan fingerprint density at radius 1 is 1.00 bits per heavy atom. The number of hydrogen-bond donors (Lipinski definition) is 5. The summed E-state index contributed by atoms with van der Waals surface area (Å²) < 4.78 is 14.9. The number of amides is 2. The standard InChI is InChI=1S/C20H21N7O5.C7H13N3.C5H8FN3/c1-10-24-17-16(19(30)25-10)26-13(9-23-17)8-22-12-4-2-11(3-5-12)18(29)27-14(20(31)32)6-7-15(21)28;1-3-4-5-7-6-10(2)9-8-7;1-9-4-5(2-3-6)7-8-9/h2-5,9,14,22H,6-8H2,1H3,(H2,21,28)(H,27,29)(H,31,32)(H,23,24,25,30);6H,3-5H2,1-2H3;4H,2-3H2,1H3. The van der Waals surface area contributed by atoms with Crippen LogP contribution in [0.3, 0.4) is 0 Å². The first-order valence-electron chi connectivity index (χ1n) is 16.0. The van der Waals surface area contributed by atoms with Crippen LogP contribution in [0.4, 0.5) is 10.1 Å². The molecule has 0 aliphatic heterocycles. The molecule has 51 heavy (non-hydrogen) atoms. The van der Waals surface area contributed by atoms with Crippen LogP contribution in [0, 0.1) is 6.92 Å². The van der Waals surface area contributed by atoms with Crippen molar-refractivity contribution in [3.63, 3.8) is 0 Å². The molecule has 6 N–H and O–H groups in total. The quantitative estimate of drug-likeness (QED) is 0.110. The largest absolute Gasteiger partial charge is 0.480 e. The summed E-state index contributed by atoms with van der Waals surface area (Å²) in [5.74, 6) is -2.03. The van der Waals surface area contributed by atoms with E-state index in [1.54, 1.807) is 41.7 Å². The van der Waals surface area contributed by atoms with Gasteiger partial charge in [-0.05, 0) is 50.5 Å². The van der Waals surface area contributed by atoms with E-state index in [2.05, 4.69) is 58.1 Å². The molecule has 2 amide bonds. The number of aliphatic carboxylic acids is 1. The predicted molar refractivity (Wildman–Crippen MR) is 184 cm³/mol. The molecule has 272 valence electrons. The van der Waals surface area contributed by atoms with Crippen molar-refractivity contribution < 1.29 is 23.9 Å². The van der Waals surface area contributed by atoms with Crippen LogP contribution in [0.5, 0.6) is 0 Å². The van der Waals surface area contributed by atoms with Gasteiger partial charge in [0.1, 0.15) is 11.9 Å². The molecule has 0 fully saturated rings. The summed E-state index contributed by atoms with van der Waals surface area (Å²) in [5.41, 5.74) is 8.32. The number of nitrogens with two attached hydrogens (primary N) is 1. The minimum absolute atomic E-state index is 0.0965. The molecule has 0 radical (unpaired) electrons. The molecule has 0 aliphatic rings. The van der Waals surface area contributed by atoms with Crippen LogP contribution in [0.2, 0.25) is 0 Å². The number of carboxylic acid groups (broad SMARTS) is 1. The van der Waals surface area contributed by atoms with Crippen molar-refractivity contribution in [1.29, 1.82) is 0 Å². The number of nitrogens with zero attached hydrogens (tertiary/aromatic N) is 9. The second kappa shape index (κ2) is 19.8. The zero-order valence-electron chi connectivity index (χ0n) is 28.8. The van der Waals surface area contributed by atoms with Gasteiger partial charge in [-0.3, -0.25) is 28.1 Å². The van der Waals surface area contributed by atoms with Crippen LogP contribution in [0.25, 0.3) is 11.2 Å². The van der Waals surface area contributed by atoms with Gasteiger partial charge in [-0.1, -0.05) is 23.8 Å². The number of anilines is 1. The number of H-pyrrole nitrogens is 1. The Hall–Kier alpha value is -6.14. The van der Waals surface area contributed by atoms with Gasteiger partial charge in [-0.25, -0.2) is 19.7 Å². The number of aromatic amines is 1. The normalized spacial score (nSPS) is 11.1. The van der Waals surface area contributed by atoms with Crippen LogP contribution in [0.15, 0.2) is 47.7 Å². The third-order valence-electron chi connectivity index (χ3n) is 6.93. The highest BCUT2D eigenvalue weighted by atomic mass is 19.1. The molecular formula is C32H42FN13O5. The monoisotopic (exact) mass is 707 g/mol. The van der Waals surface area contributed by atoms with E-state index in [-0.39, 0.29) is 48.3 Å². The van der Waals surface area contributed by atoms with E-state index < -0.39 is 23.8 Å². The Morgan fingerprint density at radius 3 is 2.20 bits per heavy atom. The molecule has 5 rings (SSSR count). The Bertz CT molecular complexity index is 1940. The number of halogens is 1. The summed E-state index contributed by atoms with van der Waals surface area (Å²) in [5, 5.41) is 29.8. The highest BCUT2D eigenvalue weighted by Gasteiger charge is 2.21. The summed E-state index contributed by atoms with van der Waals surface area (Å²) in [7, 11) is 3.65. The lowest BCUT2D eigenvalue weighted by Crippen LogP contribution is -2.41. The van der Waals surface area contributed by atoms with Gasteiger partial charge in [-0.15, -0.1) is 10.2 Å². The second-order valence-electron chi connectivity index (χ2n) is 11.3. The number of nitrogens with one attached hydrogen (secondary N) is 3. The zero-order chi connectivity index (χ0) is 37.3. The van der Waals surface area contributed by atoms with Gasteiger partial charge in [0.25, 0.3) is 11.5 Å². The summed E-state index contributed by atoms with van der Waals surface area (Å²) in [6.45, 7) is 3.75. The number of carbonyl (C=O) groups is 3. The van der Waals surface area contributed by atoms with Crippen molar-refractivity contribution in [3.05, 3.63) is 81.7 Å². The number of primary amides is 1. The van der Waals surface area contributed by atoms with Gasteiger partial charge in [0.15, 0.2) is 11.2 Å². The van der Waals surface area contributed by atoms with Crippen molar-refractivity contribution in [2.75, 3.05) is 12.0 Å². The number of carboxylic acids is 1. The zero-order valence-corrected chi connectivity index (χ0v) is 28.8. The number of aryl methyl sites for hydroxylation is 5. The van der Waals surface area contributed by atoms with Crippen molar-refractivity contribution in [1.82, 2.24) is 55.2 Å². The summed E-state index contributed by atoms with van der Waals surface area (Å²) in [6.07, 6.45) is 8.80. The third-order valence-corrected chi connectivity index (χ3v) is 6.93. The summed E-state index contributed by atoms with van der Waals surface area (Å²) >= 11 is 0. The first-order chi connectivity index (χ1) is 24.4. The maximum absolute atomic E-state index is 12.3. The van der Waals surface area contributed by atoms with Crippen molar-refractivity contribution >= 4 is 34.6 Å². The number of carbonyl (C=O) groups excluding carboxylic acids is 2. The van der Waals surface area contributed by atoms with E-state index in [0.29, 0.717) is 29.3 Å². The molecule has 0 aliphatic carbocycles. The Labute approximate surface area is 292 Å². The molecule has 0 spiro atoms. The highest BCUT2D eigenvalue weighted by molar-refractivity contribution is 5.97. The molecule has 1 unspecified atom stereocenters. The number of unbranched alkanes of at least 4 members (excludes halogenated alkanes) is 1. The van der Waals surface area contributed by atoms with Crippen LogP contribution < -0.4 is 21.9 Å². The smallest absolute Gasteiger partial charge is 0.326 e. The number of rotatable bonds is 14. The number of benzene rings is 1. The van der Waals surface area contributed by atoms with E-state index in [4.69, 9.17) is 5.73 Å². The molecule has 4 heterocycles. The SMILES string of the molecule is CCCCc1cn(C)nn1.Cc1nc2ncc(CNc3ccc(C(=O)NC(CCC(N)=O)C(=O)O)cc3)nc2c(=O)[nH]1.Cn1cc(CCF)nn1. The molecule has 0 bridgehead atoms. The number of aromatic nitrogens is 10. The molecule has 1 aromatic carbocycles. The van der Waals surface area contributed by atoms with Gasteiger partial charge < -0.3 is 26.5 Å². The summed E-state index contributed by atoms with van der Waals surface area (Å²) in [6, 6.07) is 5.10. The number of alkyl halides is 1. The second-order valence-corrected chi connectivity index (χ2v) is 11.3. The molecule has 5 aromatic rings. The van der Waals surface area contributed by atoms with Crippen molar-refractivity contribution in [2.45, 2.75) is 65.0 Å². The lowest BCUT2D eigenvalue weighted by molar-refractivity contribution is -0.139. The van der Waals surface area contributed by atoms with Crippen LogP contribution in [-0.2, 0) is 43.1 Å². The predicted octanol–water partition coefficient (Wildman–Crippen LogP) is 1.57. The van der Waals surface area contributed by atoms with E-state index in [1.165, 1.54) is 31.2 Å². The summed E-state index contributed by atoms with van der Waals surface area (Å²) in [4.78, 5) is 61.6. The van der Waals surface area contributed by atoms with Gasteiger partial charge in [-0.2, -0.15) is 0 Å². The topological polar surface area (TPSA) is 254 Å². The Kier molecular flexibility index (Phi) is 15.2. The molecule has 0 saturated heterocycles. The fraction of sp³-hybridized carbons (Fsp3) is 0.406. The van der Waals surface area contributed by atoms with Gasteiger partial charge >= 0.3 is 5.97 Å². The maximum atomic E-state index is 12.3. The number of hydrogen-bond acceptors (Lipinski definition) is 12. The Morgan fingerprint density at radius 2 is 1.65 bits per heavy atom. The minimum Gasteiger partial charge on any atom is -0.480 e. The van der Waals surface area contributed by atoms with Crippen LogP contribution >= 0.6 is 0 Å². The lowest BCUT2D eigenvalue weighted by Gasteiger charge is -2.14. The average Bonchev–Trinajstić information content (AvgIpc) is 3.72. The fourth-order valence-corrected chi connectivity index (χ4v) is 4.34. The van der Waals surface area contributed by atoms with Crippen LogP contribution in [0.1, 0.15) is 65.9 Å². The lowest BCUT2D eigenvalue weighted by atomic mass is 10.1. The molecule has 4 aromatic heterocycles. The average molecular weight is 708 g/mol. The first-order valence-corrected chi connectivity index (χ1v) is 16.0. The van der Waals surface area contributed by atoms with Crippen molar-refractivity contribution in [3.8, 4) is 0 Å². The van der Waals surface area contributed by atoms with Crippen LogP contribution in [-0.4, -0.2) is 85.5 Å². The van der Waals surface area contributed by atoms with Gasteiger partial charge in [0.2, 0.25) is 5.91 Å². The fourth-order valence-electron chi connectivity index (χ4n) is 4.34. The minimum atomic E-state index is -1.25. The van der Waals surface area contributed by atoms with Gasteiger partial charge in [0, 0.05) is 50.6 Å². The molecule has 18 nitrogen and oxygen atoms in total.